The zero-order valence-electron chi connectivity index (χ0n) is 11.0. The molecule has 3 nitrogen and oxygen atoms in total. The Balaban J connectivity index is 2.40. The van der Waals surface area contributed by atoms with Crippen LogP contribution in [0, 0.1) is 0 Å². The van der Waals surface area contributed by atoms with Gasteiger partial charge in [-0.1, -0.05) is 19.9 Å². The third-order valence-electron chi connectivity index (χ3n) is 3.23. The highest BCUT2D eigenvalue weighted by Crippen LogP contribution is 2.40. The van der Waals surface area contributed by atoms with Gasteiger partial charge in [-0.2, -0.15) is 11.8 Å². The van der Waals surface area contributed by atoms with Crippen molar-refractivity contribution in [3.63, 3.8) is 0 Å². The van der Waals surface area contributed by atoms with E-state index in [9.17, 15) is 9.90 Å². The summed E-state index contributed by atoms with van der Waals surface area (Å²) < 4.78 is 0. The summed E-state index contributed by atoms with van der Waals surface area (Å²) in [5.41, 5.74) is 0.0400. The van der Waals surface area contributed by atoms with Crippen molar-refractivity contribution in [2.24, 2.45) is 0 Å². The molecule has 0 aromatic carbocycles. The van der Waals surface area contributed by atoms with Crippen molar-refractivity contribution in [3.05, 3.63) is 11.6 Å². The highest BCUT2D eigenvalue weighted by molar-refractivity contribution is 8.00. The standard InChI is InChI=1S/C13H23NO2S/c1-4-6-10(3)12(15)14-9-13(16)8-7-11(13)17-5-2/h6,11,16H,4-5,7-9H2,1-3H3,(H,14,15)/b10-6+. The second-order valence-corrected chi connectivity index (χ2v) is 6.04. The summed E-state index contributed by atoms with van der Waals surface area (Å²) in [4.78, 5) is 11.7. The van der Waals surface area contributed by atoms with Gasteiger partial charge in [0.25, 0.3) is 0 Å². The molecule has 0 spiro atoms. The number of carbonyl (C=O) groups excluding carboxylic acids is 1. The molecule has 17 heavy (non-hydrogen) atoms. The molecule has 1 aliphatic carbocycles. The van der Waals surface area contributed by atoms with Crippen LogP contribution in [-0.4, -0.2) is 34.2 Å². The van der Waals surface area contributed by atoms with Gasteiger partial charge in [-0.3, -0.25) is 4.79 Å². The van der Waals surface area contributed by atoms with Crippen molar-refractivity contribution >= 4 is 17.7 Å². The number of hydrogen-bond donors (Lipinski definition) is 2. The van der Waals surface area contributed by atoms with E-state index in [4.69, 9.17) is 0 Å². The van der Waals surface area contributed by atoms with Crippen LogP contribution in [0.5, 0.6) is 0 Å². The Labute approximate surface area is 108 Å². The fourth-order valence-corrected chi connectivity index (χ4v) is 3.21. The molecule has 0 heterocycles. The maximum Gasteiger partial charge on any atom is 0.246 e. The first-order chi connectivity index (χ1) is 8.03. The monoisotopic (exact) mass is 257 g/mol. The average molecular weight is 257 g/mol. The summed E-state index contributed by atoms with van der Waals surface area (Å²) in [5, 5.41) is 13.4. The van der Waals surface area contributed by atoms with E-state index in [1.165, 1.54) is 0 Å². The molecule has 98 valence electrons. The van der Waals surface area contributed by atoms with Gasteiger partial charge in [0, 0.05) is 17.4 Å². The van der Waals surface area contributed by atoms with Crippen LogP contribution in [0.25, 0.3) is 0 Å². The fraction of sp³-hybridized carbons (Fsp3) is 0.769. The molecule has 0 radical (unpaired) electrons. The number of allylic oxidation sites excluding steroid dienone is 1. The summed E-state index contributed by atoms with van der Waals surface area (Å²) in [6, 6.07) is 0. The van der Waals surface area contributed by atoms with Crippen molar-refractivity contribution in [1.29, 1.82) is 0 Å². The van der Waals surface area contributed by atoms with Crippen molar-refractivity contribution < 1.29 is 9.90 Å². The van der Waals surface area contributed by atoms with Crippen LogP contribution in [0.2, 0.25) is 0 Å². The lowest BCUT2D eigenvalue weighted by Crippen LogP contribution is -2.57. The Hall–Kier alpha value is -0.480. The van der Waals surface area contributed by atoms with Gasteiger partial charge >= 0.3 is 0 Å². The molecule has 0 aliphatic heterocycles. The Morgan fingerprint density at radius 2 is 2.29 bits per heavy atom. The summed E-state index contributed by atoms with van der Waals surface area (Å²) >= 11 is 1.78. The van der Waals surface area contributed by atoms with Crippen LogP contribution in [0.15, 0.2) is 11.6 Å². The minimum absolute atomic E-state index is 0.0626. The van der Waals surface area contributed by atoms with Crippen LogP contribution in [0.3, 0.4) is 0 Å². The Bertz CT molecular complexity index is 304. The molecule has 2 atom stereocenters. The van der Waals surface area contributed by atoms with Crippen molar-refractivity contribution in [2.45, 2.75) is 50.9 Å². The topological polar surface area (TPSA) is 49.3 Å². The minimum atomic E-state index is -0.692. The van der Waals surface area contributed by atoms with E-state index < -0.39 is 5.60 Å². The lowest BCUT2D eigenvalue weighted by Gasteiger charge is -2.45. The van der Waals surface area contributed by atoms with E-state index in [-0.39, 0.29) is 11.2 Å². The molecule has 0 bridgehead atoms. The molecule has 1 saturated carbocycles. The quantitative estimate of drug-likeness (QED) is 0.717. The third-order valence-corrected chi connectivity index (χ3v) is 4.64. The Morgan fingerprint density at radius 3 is 2.76 bits per heavy atom. The van der Waals surface area contributed by atoms with Crippen LogP contribution in [-0.2, 0) is 4.79 Å². The number of carbonyl (C=O) groups is 1. The molecule has 0 saturated heterocycles. The minimum Gasteiger partial charge on any atom is -0.387 e. The smallest absolute Gasteiger partial charge is 0.246 e. The zero-order valence-corrected chi connectivity index (χ0v) is 11.8. The van der Waals surface area contributed by atoms with E-state index in [0.29, 0.717) is 6.54 Å². The van der Waals surface area contributed by atoms with Gasteiger partial charge in [0.15, 0.2) is 0 Å². The zero-order chi connectivity index (χ0) is 12.9. The van der Waals surface area contributed by atoms with Crippen LogP contribution >= 0.6 is 11.8 Å². The number of aliphatic hydroxyl groups is 1. The van der Waals surface area contributed by atoms with Crippen molar-refractivity contribution in [2.75, 3.05) is 12.3 Å². The molecule has 0 aromatic heterocycles. The second kappa shape index (κ2) is 6.45. The molecule has 1 aliphatic rings. The van der Waals surface area contributed by atoms with E-state index in [1.54, 1.807) is 11.8 Å². The maximum atomic E-state index is 11.7. The lowest BCUT2D eigenvalue weighted by molar-refractivity contribution is -0.119. The molecule has 2 N–H and O–H groups in total. The number of hydrogen-bond acceptors (Lipinski definition) is 3. The molecule has 0 aromatic rings. The predicted molar refractivity (Wildman–Crippen MR) is 73.2 cm³/mol. The van der Waals surface area contributed by atoms with E-state index in [1.807, 2.05) is 19.9 Å². The Morgan fingerprint density at radius 1 is 1.59 bits per heavy atom. The van der Waals surface area contributed by atoms with Crippen LogP contribution < -0.4 is 5.32 Å². The van der Waals surface area contributed by atoms with Gasteiger partial charge in [0.2, 0.25) is 5.91 Å². The summed E-state index contributed by atoms with van der Waals surface area (Å²) in [5.74, 6) is 0.947. The molecule has 1 fully saturated rings. The van der Waals surface area contributed by atoms with Gasteiger partial charge < -0.3 is 10.4 Å². The number of thioether (sulfide) groups is 1. The molecular weight excluding hydrogens is 234 g/mol. The van der Waals surface area contributed by atoms with Gasteiger partial charge in [-0.05, 0) is 31.9 Å². The second-order valence-electron chi connectivity index (χ2n) is 4.56. The van der Waals surface area contributed by atoms with Gasteiger partial charge in [0.05, 0.1) is 5.60 Å². The van der Waals surface area contributed by atoms with Crippen LogP contribution in [0.4, 0.5) is 0 Å². The molecule has 1 amide bonds. The first-order valence-corrected chi connectivity index (χ1v) is 7.37. The average Bonchev–Trinajstić information content (AvgIpc) is 2.31. The maximum absolute atomic E-state index is 11.7. The fourth-order valence-electron chi connectivity index (χ4n) is 2.01. The predicted octanol–water partition coefficient (Wildman–Crippen LogP) is 2.11. The van der Waals surface area contributed by atoms with Crippen molar-refractivity contribution in [1.82, 2.24) is 5.32 Å². The van der Waals surface area contributed by atoms with Crippen LogP contribution in [0.1, 0.15) is 40.0 Å². The summed E-state index contributed by atoms with van der Waals surface area (Å²) in [6.07, 6.45) is 4.60. The van der Waals surface area contributed by atoms with E-state index >= 15 is 0 Å². The highest BCUT2D eigenvalue weighted by Gasteiger charge is 2.45. The lowest BCUT2D eigenvalue weighted by atomic mass is 9.79. The third kappa shape index (κ3) is 3.75. The molecule has 2 unspecified atom stereocenters. The van der Waals surface area contributed by atoms with Gasteiger partial charge in [-0.15, -0.1) is 0 Å². The summed E-state index contributed by atoms with van der Waals surface area (Å²) in [7, 11) is 0. The first-order valence-electron chi connectivity index (χ1n) is 6.32. The molecular formula is C13H23NO2S. The number of amides is 1. The van der Waals surface area contributed by atoms with E-state index in [2.05, 4.69) is 12.2 Å². The van der Waals surface area contributed by atoms with Gasteiger partial charge in [0.1, 0.15) is 0 Å². The largest absolute Gasteiger partial charge is 0.387 e. The van der Waals surface area contributed by atoms with E-state index in [0.717, 1.165) is 30.6 Å². The highest BCUT2D eigenvalue weighted by atomic mass is 32.2. The SMILES string of the molecule is CC/C=C(\C)C(=O)NCC1(O)CCC1SCC. The summed E-state index contributed by atoms with van der Waals surface area (Å²) in [6.45, 7) is 6.28. The normalized spacial score (nSPS) is 28.7. The number of nitrogens with one attached hydrogen (secondary N) is 1. The van der Waals surface area contributed by atoms with Gasteiger partial charge in [-0.25, -0.2) is 0 Å². The molecule has 4 heteroatoms. The number of rotatable bonds is 6. The van der Waals surface area contributed by atoms with Crippen molar-refractivity contribution in [3.8, 4) is 0 Å². The molecule has 1 rings (SSSR count). The first kappa shape index (κ1) is 14.6. The Kier molecular flexibility index (Phi) is 5.53.